The lowest BCUT2D eigenvalue weighted by Crippen LogP contribution is -2.44. The van der Waals surface area contributed by atoms with E-state index in [2.05, 4.69) is 10.6 Å². The molecule has 3 unspecified atom stereocenters. The molecule has 2 rings (SSSR count). The number of nitrogens with two attached hydrogens (primary N) is 1. The van der Waals surface area contributed by atoms with Gasteiger partial charge in [-0.25, -0.2) is 4.39 Å². The smallest absolute Gasteiger partial charge is 0.146 e. The molecule has 0 saturated carbocycles. The Hall–Kier alpha value is -0.720. The molecule has 1 aromatic rings. The first-order valence-electron chi connectivity index (χ1n) is 5.91. The van der Waals surface area contributed by atoms with E-state index in [9.17, 15) is 9.50 Å². The van der Waals surface area contributed by atoms with Crippen LogP contribution in [0.1, 0.15) is 12.0 Å². The largest absolute Gasteiger partial charge is 0.377 e. The molecule has 0 spiro atoms. The first-order valence-corrected chi connectivity index (χ1v) is 6.29. The van der Waals surface area contributed by atoms with Crippen molar-refractivity contribution in [3.05, 3.63) is 34.6 Å². The van der Waals surface area contributed by atoms with Crippen LogP contribution >= 0.6 is 11.6 Å². The second kappa shape index (κ2) is 5.95. The predicted molar refractivity (Wildman–Crippen MR) is 68.6 cm³/mol. The van der Waals surface area contributed by atoms with Crippen LogP contribution in [0, 0.1) is 5.82 Å². The summed E-state index contributed by atoms with van der Waals surface area (Å²) >= 11 is 5.68. The van der Waals surface area contributed by atoms with Gasteiger partial charge < -0.3 is 16.2 Å². The highest BCUT2D eigenvalue weighted by Gasteiger charge is 2.27. The number of nitrogens with one attached hydrogen (secondary N) is 2. The molecule has 0 aliphatic carbocycles. The van der Waals surface area contributed by atoms with Gasteiger partial charge in [-0.05, 0) is 12.5 Å². The number of aliphatic hydroxyl groups is 1. The monoisotopic (exact) mass is 273 g/mol. The maximum atomic E-state index is 13.6. The van der Waals surface area contributed by atoms with Crippen LogP contribution in [0.5, 0.6) is 0 Å². The van der Waals surface area contributed by atoms with Gasteiger partial charge in [-0.1, -0.05) is 23.7 Å². The molecular weight excluding hydrogens is 257 g/mol. The van der Waals surface area contributed by atoms with Gasteiger partial charge in [0.1, 0.15) is 12.0 Å². The summed E-state index contributed by atoms with van der Waals surface area (Å²) in [6.45, 7) is 0.913. The Morgan fingerprint density at radius 3 is 3.06 bits per heavy atom. The molecule has 1 heterocycles. The quantitative estimate of drug-likeness (QED) is 0.606. The zero-order valence-electron chi connectivity index (χ0n) is 9.87. The summed E-state index contributed by atoms with van der Waals surface area (Å²) in [4.78, 5) is 0. The highest BCUT2D eigenvalue weighted by Crippen LogP contribution is 2.18. The Bertz CT molecular complexity index is 418. The zero-order valence-corrected chi connectivity index (χ0v) is 10.6. The lowest BCUT2D eigenvalue weighted by molar-refractivity contribution is 0.0986. The van der Waals surface area contributed by atoms with Gasteiger partial charge in [0.15, 0.2) is 0 Å². The first-order chi connectivity index (χ1) is 8.58. The summed E-state index contributed by atoms with van der Waals surface area (Å²) in [5.74, 6) is -0.449. The van der Waals surface area contributed by atoms with E-state index in [1.165, 1.54) is 6.07 Å². The molecule has 1 aromatic carbocycles. The summed E-state index contributed by atoms with van der Waals surface area (Å²) in [5, 5.41) is 16.0. The molecule has 100 valence electrons. The van der Waals surface area contributed by atoms with Crippen molar-refractivity contribution < 1.29 is 9.50 Å². The van der Waals surface area contributed by atoms with Crippen LogP contribution < -0.4 is 16.4 Å². The third-order valence-corrected chi connectivity index (χ3v) is 3.41. The molecule has 0 radical (unpaired) electrons. The number of benzene rings is 1. The molecule has 0 bridgehead atoms. The Labute approximate surface area is 110 Å². The van der Waals surface area contributed by atoms with E-state index in [4.69, 9.17) is 17.3 Å². The van der Waals surface area contributed by atoms with E-state index in [0.29, 0.717) is 18.5 Å². The molecule has 1 aliphatic heterocycles. The van der Waals surface area contributed by atoms with E-state index < -0.39 is 12.0 Å². The summed E-state index contributed by atoms with van der Waals surface area (Å²) in [7, 11) is 0. The van der Waals surface area contributed by atoms with Crippen LogP contribution in [0.15, 0.2) is 18.2 Å². The maximum Gasteiger partial charge on any atom is 0.146 e. The molecule has 3 atom stereocenters. The van der Waals surface area contributed by atoms with Crippen molar-refractivity contribution in [3.8, 4) is 0 Å². The normalized spacial score (nSPS) is 25.3. The van der Waals surface area contributed by atoms with E-state index >= 15 is 0 Å². The molecule has 1 aliphatic rings. The van der Waals surface area contributed by atoms with Crippen molar-refractivity contribution in [2.75, 3.05) is 6.54 Å². The van der Waals surface area contributed by atoms with Crippen LogP contribution in [0.3, 0.4) is 0 Å². The second-order valence-electron chi connectivity index (χ2n) is 4.55. The van der Waals surface area contributed by atoms with Crippen molar-refractivity contribution in [2.24, 2.45) is 5.73 Å². The van der Waals surface area contributed by atoms with Gasteiger partial charge in [-0.3, -0.25) is 5.32 Å². The van der Waals surface area contributed by atoms with E-state index in [1.54, 1.807) is 12.1 Å². The average Bonchev–Trinajstić information content (AvgIpc) is 2.77. The molecule has 6 heteroatoms. The minimum atomic E-state index is -0.753. The van der Waals surface area contributed by atoms with Crippen molar-refractivity contribution in [1.29, 1.82) is 0 Å². The third kappa shape index (κ3) is 3.18. The van der Waals surface area contributed by atoms with Gasteiger partial charge in [0, 0.05) is 30.7 Å². The van der Waals surface area contributed by atoms with Crippen molar-refractivity contribution in [1.82, 2.24) is 10.6 Å². The summed E-state index contributed by atoms with van der Waals surface area (Å²) in [6, 6.07) is 4.78. The Morgan fingerprint density at radius 1 is 1.61 bits per heavy atom. The minimum Gasteiger partial charge on any atom is -0.377 e. The molecule has 4 nitrogen and oxygen atoms in total. The van der Waals surface area contributed by atoms with Gasteiger partial charge in [0.2, 0.25) is 0 Å². The zero-order chi connectivity index (χ0) is 13.1. The fraction of sp³-hybridized carbons (Fsp3) is 0.500. The van der Waals surface area contributed by atoms with Gasteiger partial charge in [-0.15, -0.1) is 0 Å². The summed E-state index contributed by atoms with van der Waals surface area (Å²) < 4.78 is 13.6. The second-order valence-corrected chi connectivity index (χ2v) is 4.96. The maximum absolute atomic E-state index is 13.6. The molecule has 0 amide bonds. The predicted octanol–water partition coefficient (Wildman–Crippen LogP) is 0.576. The van der Waals surface area contributed by atoms with Crippen LogP contribution in [-0.2, 0) is 6.54 Å². The first kappa shape index (κ1) is 13.7. The Kier molecular flexibility index (Phi) is 4.53. The fourth-order valence-corrected chi connectivity index (χ4v) is 2.27. The molecule has 0 aromatic heterocycles. The fourth-order valence-electron chi connectivity index (χ4n) is 2.08. The van der Waals surface area contributed by atoms with E-state index in [1.807, 2.05) is 0 Å². The van der Waals surface area contributed by atoms with Crippen molar-refractivity contribution in [2.45, 2.75) is 31.3 Å². The van der Waals surface area contributed by atoms with Gasteiger partial charge >= 0.3 is 0 Å². The van der Waals surface area contributed by atoms with Crippen molar-refractivity contribution in [3.63, 3.8) is 0 Å². The van der Waals surface area contributed by atoms with Crippen LogP contribution in [0.4, 0.5) is 4.39 Å². The Morgan fingerprint density at radius 2 is 2.39 bits per heavy atom. The molecule has 1 saturated heterocycles. The Balaban J connectivity index is 1.89. The van der Waals surface area contributed by atoms with Gasteiger partial charge in [0.25, 0.3) is 0 Å². The lowest BCUT2D eigenvalue weighted by atomic mass is 10.1. The minimum absolute atomic E-state index is 0.0642. The number of hydrogen-bond donors (Lipinski definition) is 4. The summed E-state index contributed by atoms with van der Waals surface area (Å²) in [6.07, 6.45) is -0.0523. The van der Waals surface area contributed by atoms with Crippen LogP contribution in [-0.4, -0.2) is 30.0 Å². The van der Waals surface area contributed by atoms with Crippen LogP contribution in [0.2, 0.25) is 5.02 Å². The van der Waals surface area contributed by atoms with Crippen molar-refractivity contribution >= 4 is 11.6 Å². The topological polar surface area (TPSA) is 70.3 Å². The molecular formula is C12H17ClFN3O. The van der Waals surface area contributed by atoms with Crippen LogP contribution in [0.25, 0.3) is 0 Å². The SMILES string of the molecule is NC1CNC(C(O)NCc2cccc(Cl)c2F)C1. The number of rotatable bonds is 4. The highest BCUT2D eigenvalue weighted by atomic mass is 35.5. The third-order valence-electron chi connectivity index (χ3n) is 3.11. The van der Waals surface area contributed by atoms with Gasteiger partial charge in [-0.2, -0.15) is 0 Å². The molecule has 18 heavy (non-hydrogen) atoms. The molecule has 5 N–H and O–H groups in total. The number of aliphatic hydroxyl groups excluding tert-OH is 1. The standard InChI is InChI=1S/C12H17ClFN3O/c13-9-3-1-2-7(11(9)14)5-17-12(18)10-4-8(15)6-16-10/h1-3,8,10,12,16-18H,4-6,15H2. The number of hydrogen-bond acceptors (Lipinski definition) is 4. The highest BCUT2D eigenvalue weighted by molar-refractivity contribution is 6.30. The van der Waals surface area contributed by atoms with E-state index in [-0.39, 0.29) is 23.7 Å². The average molecular weight is 274 g/mol. The van der Waals surface area contributed by atoms with Gasteiger partial charge in [0.05, 0.1) is 5.02 Å². The molecule has 1 fully saturated rings. The summed E-state index contributed by atoms with van der Waals surface area (Å²) in [5.41, 5.74) is 6.17. The van der Waals surface area contributed by atoms with E-state index in [0.717, 1.165) is 0 Å². The lowest BCUT2D eigenvalue weighted by Gasteiger charge is -2.20. The number of halogens is 2.